The Labute approximate surface area is 215 Å². The largest absolute Gasteiger partial charge is 0.356 e. The third kappa shape index (κ3) is 3.93. The lowest BCUT2D eigenvalue weighted by Gasteiger charge is -2.38. The maximum atomic E-state index is 13.5. The minimum absolute atomic E-state index is 0.00938. The number of carbonyl (C=O) groups excluding carboxylic acids is 2. The SMILES string of the molecule is O=C(c1ccnc(N2CCC(N3CCc4ccccc4NC3=O)CC2)c1)N1Cc2cn[nH]c2C2(CC2)C1. The van der Waals surface area contributed by atoms with E-state index in [4.69, 9.17) is 0 Å². The Hall–Kier alpha value is -3.88. The van der Waals surface area contributed by atoms with E-state index in [1.807, 2.05) is 46.3 Å². The number of nitrogens with zero attached hydrogens (tertiary/aromatic N) is 5. The smallest absolute Gasteiger partial charge is 0.322 e. The van der Waals surface area contributed by atoms with Gasteiger partial charge in [-0.2, -0.15) is 5.10 Å². The van der Waals surface area contributed by atoms with Gasteiger partial charge in [-0.1, -0.05) is 18.2 Å². The molecule has 0 radical (unpaired) electrons. The van der Waals surface area contributed by atoms with Crippen molar-refractivity contribution in [2.24, 2.45) is 0 Å². The minimum Gasteiger partial charge on any atom is -0.356 e. The zero-order chi connectivity index (χ0) is 25.0. The van der Waals surface area contributed by atoms with Crippen molar-refractivity contribution < 1.29 is 9.59 Å². The molecule has 3 amide bonds. The summed E-state index contributed by atoms with van der Waals surface area (Å²) >= 11 is 0. The number of nitrogens with one attached hydrogen (secondary N) is 2. The van der Waals surface area contributed by atoms with Gasteiger partial charge >= 0.3 is 6.03 Å². The Morgan fingerprint density at radius 2 is 1.89 bits per heavy atom. The molecule has 5 heterocycles. The van der Waals surface area contributed by atoms with Crippen molar-refractivity contribution in [2.75, 3.05) is 36.4 Å². The van der Waals surface area contributed by atoms with Crippen LogP contribution in [0.4, 0.5) is 16.3 Å². The molecule has 1 aliphatic carbocycles. The molecule has 2 aromatic heterocycles. The van der Waals surface area contributed by atoms with Crippen LogP contribution < -0.4 is 10.2 Å². The number of benzene rings is 1. The molecule has 9 nitrogen and oxygen atoms in total. The molecule has 0 atom stereocenters. The number of fused-ring (bicyclic) bond motifs is 3. The van der Waals surface area contributed by atoms with Crippen LogP contribution in [0.2, 0.25) is 0 Å². The minimum atomic E-state index is -0.00938. The van der Waals surface area contributed by atoms with Gasteiger partial charge in [-0.25, -0.2) is 9.78 Å². The van der Waals surface area contributed by atoms with Crippen molar-refractivity contribution >= 4 is 23.4 Å². The van der Waals surface area contributed by atoms with Crippen LogP contribution in [0.15, 0.2) is 48.8 Å². The van der Waals surface area contributed by atoms with Crippen LogP contribution >= 0.6 is 0 Å². The van der Waals surface area contributed by atoms with Crippen LogP contribution in [0.25, 0.3) is 0 Å². The second-order valence-electron chi connectivity index (χ2n) is 10.9. The lowest BCUT2D eigenvalue weighted by molar-refractivity contribution is 0.0708. The lowest BCUT2D eigenvalue weighted by atomic mass is 9.93. The Bertz CT molecular complexity index is 1360. The molecule has 1 saturated heterocycles. The first kappa shape index (κ1) is 22.3. The maximum absolute atomic E-state index is 13.5. The highest BCUT2D eigenvalue weighted by Gasteiger charge is 2.51. The van der Waals surface area contributed by atoms with Crippen LogP contribution in [-0.4, -0.2) is 69.1 Å². The van der Waals surface area contributed by atoms with Gasteiger partial charge in [-0.3, -0.25) is 9.89 Å². The normalized spacial score (nSPS) is 20.8. The van der Waals surface area contributed by atoms with E-state index in [-0.39, 0.29) is 23.4 Å². The average molecular weight is 498 g/mol. The number of urea groups is 1. The van der Waals surface area contributed by atoms with Crippen LogP contribution in [-0.2, 0) is 18.4 Å². The highest BCUT2D eigenvalue weighted by molar-refractivity contribution is 5.95. The number of aromatic nitrogens is 3. The molecule has 0 bridgehead atoms. The molecule has 7 rings (SSSR count). The predicted octanol–water partition coefficient (Wildman–Crippen LogP) is 3.55. The Morgan fingerprint density at radius 1 is 1.05 bits per heavy atom. The number of amides is 3. The molecule has 1 spiro atoms. The van der Waals surface area contributed by atoms with Crippen LogP contribution in [0.5, 0.6) is 0 Å². The fourth-order valence-corrected chi connectivity index (χ4v) is 6.35. The lowest BCUT2D eigenvalue weighted by Crippen LogP contribution is -2.49. The molecule has 190 valence electrons. The first-order valence-corrected chi connectivity index (χ1v) is 13.3. The van der Waals surface area contributed by atoms with Crippen molar-refractivity contribution in [1.82, 2.24) is 25.0 Å². The van der Waals surface area contributed by atoms with Gasteiger partial charge in [0.15, 0.2) is 0 Å². The van der Waals surface area contributed by atoms with E-state index >= 15 is 0 Å². The van der Waals surface area contributed by atoms with E-state index in [2.05, 4.69) is 31.5 Å². The van der Waals surface area contributed by atoms with Gasteiger partial charge in [-0.15, -0.1) is 0 Å². The molecular formula is C28H31N7O2. The number of pyridine rings is 1. The van der Waals surface area contributed by atoms with Crippen molar-refractivity contribution in [1.29, 1.82) is 0 Å². The van der Waals surface area contributed by atoms with Crippen LogP contribution in [0.1, 0.15) is 52.9 Å². The summed E-state index contributed by atoms with van der Waals surface area (Å²) in [6.45, 7) is 3.67. The van der Waals surface area contributed by atoms with Crippen molar-refractivity contribution in [3.8, 4) is 0 Å². The number of rotatable bonds is 3. The van der Waals surface area contributed by atoms with E-state index in [1.54, 1.807) is 6.20 Å². The van der Waals surface area contributed by atoms with Gasteiger partial charge in [0.05, 0.1) is 6.20 Å². The summed E-state index contributed by atoms with van der Waals surface area (Å²) in [6.07, 6.45) is 8.42. The molecule has 0 unspecified atom stereocenters. The van der Waals surface area contributed by atoms with Crippen molar-refractivity contribution in [2.45, 2.75) is 50.1 Å². The monoisotopic (exact) mass is 497 g/mol. The van der Waals surface area contributed by atoms with Gasteiger partial charge in [0.1, 0.15) is 5.82 Å². The van der Waals surface area contributed by atoms with Gasteiger partial charge in [0.2, 0.25) is 0 Å². The molecule has 4 aliphatic rings. The molecule has 37 heavy (non-hydrogen) atoms. The fraction of sp³-hybridized carbons (Fsp3) is 0.429. The highest BCUT2D eigenvalue weighted by atomic mass is 16.2. The van der Waals surface area contributed by atoms with Gasteiger partial charge in [0.25, 0.3) is 5.91 Å². The zero-order valence-electron chi connectivity index (χ0n) is 20.8. The van der Waals surface area contributed by atoms with E-state index in [9.17, 15) is 9.59 Å². The summed E-state index contributed by atoms with van der Waals surface area (Å²) in [5.41, 5.74) is 5.21. The Balaban J connectivity index is 1.01. The van der Waals surface area contributed by atoms with Crippen LogP contribution in [0, 0.1) is 0 Å². The summed E-state index contributed by atoms with van der Waals surface area (Å²) < 4.78 is 0. The fourth-order valence-electron chi connectivity index (χ4n) is 6.35. The molecule has 3 aromatic rings. The van der Waals surface area contributed by atoms with Crippen molar-refractivity contribution in [3.05, 3.63) is 71.2 Å². The van der Waals surface area contributed by atoms with E-state index < -0.39 is 0 Å². The third-order valence-electron chi connectivity index (χ3n) is 8.61. The molecular weight excluding hydrogens is 466 g/mol. The number of hydrogen-bond donors (Lipinski definition) is 2. The Morgan fingerprint density at radius 3 is 2.73 bits per heavy atom. The molecule has 2 fully saturated rings. The second kappa shape index (κ2) is 8.61. The first-order valence-electron chi connectivity index (χ1n) is 13.3. The van der Waals surface area contributed by atoms with Crippen molar-refractivity contribution in [3.63, 3.8) is 0 Å². The zero-order valence-corrected chi connectivity index (χ0v) is 20.8. The number of anilines is 2. The van der Waals surface area contributed by atoms with E-state index in [1.165, 1.54) is 11.3 Å². The number of hydrogen-bond acceptors (Lipinski definition) is 5. The first-order chi connectivity index (χ1) is 18.1. The second-order valence-corrected chi connectivity index (χ2v) is 10.9. The number of H-pyrrole nitrogens is 1. The number of carbonyl (C=O) groups is 2. The Kier molecular flexibility index (Phi) is 5.19. The topological polar surface area (TPSA) is 97.5 Å². The summed E-state index contributed by atoms with van der Waals surface area (Å²) in [7, 11) is 0. The van der Waals surface area contributed by atoms with Gasteiger partial charge < -0.3 is 20.0 Å². The highest BCUT2D eigenvalue weighted by Crippen LogP contribution is 2.51. The molecule has 1 saturated carbocycles. The molecule has 1 aromatic carbocycles. The predicted molar refractivity (Wildman–Crippen MR) is 140 cm³/mol. The molecule has 2 N–H and O–H groups in total. The van der Waals surface area contributed by atoms with E-state index in [0.29, 0.717) is 12.1 Å². The summed E-state index contributed by atoms with van der Waals surface area (Å²) in [6, 6.07) is 12.0. The number of piperidine rings is 1. The van der Waals surface area contributed by atoms with Gasteiger partial charge in [0, 0.05) is 72.9 Å². The molecule has 9 heteroatoms. The maximum Gasteiger partial charge on any atom is 0.322 e. The van der Waals surface area contributed by atoms with E-state index in [0.717, 1.165) is 75.4 Å². The number of aromatic amines is 1. The summed E-state index contributed by atoms with van der Waals surface area (Å²) in [5.74, 6) is 0.886. The average Bonchev–Trinajstić information content (AvgIpc) is 3.57. The quantitative estimate of drug-likeness (QED) is 0.577. The standard InChI is InChI=1S/C28H31N7O2/c36-26(34-17-21-16-30-32-25(21)28(18-34)9-10-28)20-5-11-29-24(15-20)33-12-7-22(8-13-33)35-14-6-19-3-1-2-4-23(19)31-27(35)37/h1-5,11,15-16,22H,6-10,12-14,17-18H2,(H,30,32)(H,31,37). The summed E-state index contributed by atoms with van der Waals surface area (Å²) in [5, 5.41) is 10.5. The molecule has 3 aliphatic heterocycles. The third-order valence-corrected chi connectivity index (χ3v) is 8.61. The van der Waals surface area contributed by atoms with Crippen LogP contribution in [0.3, 0.4) is 0 Å². The number of para-hydroxylation sites is 1. The summed E-state index contributed by atoms with van der Waals surface area (Å²) in [4.78, 5) is 37.3. The van der Waals surface area contributed by atoms with Gasteiger partial charge in [-0.05, 0) is 55.9 Å².